The van der Waals surface area contributed by atoms with Crippen LogP contribution in [0.25, 0.3) is 0 Å². The number of fused-ring (bicyclic) bond motifs is 1. The van der Waals surface area contributed by atoms with Gasteiger partial charge in [0.15, 0.2) is 0 Å². The first-order valence-electron chi connectivity index (χ1n) is 8.76. The van der Waals surface area contributed by atoms with E-state index in [0.29, 0.717) is 18.3 Å². The van der Waals surface area contributed by atoms with Gasteiger partial charge in [-0.2, -0.15) is 0 Å². The summed E-state index contributed by atoms with van der Waals surface area (Å²) in [4.78, 5) is 26.1. The molecule has 0 aliphatic carbocycles. The van der Waals surface area contributed by atoms with Crippen LogP contribution in [0.2, 0.25) is 0 Å². The number of carbonyl (C=O) groups is 1. The van der Waals surface area contributed by atoms with E-state index >= 15 is 0 Å². The van der Waals surface area contributed by atoms with Gasteiger partial charge in [0.25, 0.3) is 5.91 Å². The summed E-state index contributed by atoms with van der Waals surface area (Å²) in [7, 11) is 2.10. The van der Waals surface area contributed by atoms with Gasteiger partial charge in [-0.1, -0.05) is 13.8 Å². The van der Waals surface area contributed by atoms with Crippen molar-refractivity contribution < 1.29 is 9.90 Å². The predicted octanol–water partition coefficient (Wildman–Crippen LogP) is 0.389. The standard InChI is InChI=1S/C17H27N5O2/c1-11(2)15-19-14-13(4-6-18-17(14)24)16(20-15)22-8-7-21(3)12(10-22)5-9-23/h11-12,23H,4-10H2,1-3H3,(H,18,24). The van der Waals surface area contributed by atoms with Crippen LogP contribution in [0.5, 0.6) is 0 Å². The minimum atomic E-state index is -0.0946. The summed E-state index contributed by atoms with van der Waals surface area (Å²) in [6.07, 6.45) is 1.52. The van der Waals surface area contributed by atoms with Crippen molar-refractivity contribution in [2.24, 2.45) is 0 Å². The molecule has 1 amide bonds. The van der Waals surface area contributed by atoms with Crippen LogP contribution in [0, 0.1) is 0 Å². The molecule has 3 rings (SSSR count). The maximum absolute atomic E-state index is 12.3. The van der Waals surface area contributed by atoms with E-state index in [1.165, 1.54) is 0 Å². The fourth-order valence-corrected chi connectivity index (χ4v) is 3.41. The van der Waals surface area contributed by atoms with Crippen molar-refractivity contribution in [3.63, 3.8) is 0 Å². The lowest BCUT2D eigenvalue weighted by Crippen LogP contribution is -2.52. The van der Waals surface area contributed by atoms with E-state index in [2.05, 4.69) is 27.1 Å². The average molecular weight is 333 g/mol. The number of aliphatic hydroxyl groups is 1. The van der Waals surface area contributed by atoms with Gasteiger partial charge in [0.1, 0.15) is 17.3 Å². The second kappa shape index (κ2) is 7.03. The van der Waals surface area contributed by atoms with Crippen LogP contribution in [-0.2, 0) is 6.42 Å². The van der Waals surface area contributed by atoms with E-state index in [-0.39, 0.29) is 18.4 Å². The number of aromatic nitrogens is 2. The lowest BCUT2D eigenvalue weighted by Gasteiger charge is -2.41. The van der Waals surface area contributed by atoms with Crippen LogP contribution in [0.1, 0.15) is 48.1 Å². The van der Waals surface area contributed by atoms with Crippen molar-refractivity contribution >= 4 is 11.7 Å². The van der Waals surface area contributed by atoms with Gasteiger partial charge in [0.05, 0.1) is 0 Å². The zero-order chi connectivity index (χ0) is 17.3. The number of nitrogens with zero attached hydrogens (tertiary/aromatic N) is 4. The van der Waals surface area contributed by atoms with Gasteiger partial charge in [-0.3, -0.25) is 9.69 Å². The number of hydrogen-bond acceptors (Lipinski definition) is 6. The molecule has 1 fully saturated rings. The molecule has 0 saturated carbocycles. The molecule has 1 atom stereocenters. The highest BCUT2D eigenvalue weighted by atomic mass is 16.3. The Hall–Kier alpha value is -1.73. The summed E-state index contributed by atoms with van der Waals surface area (Å²) < 4.78 is 0. The smallest absolute Gasteiger partial charge is 0.270 e. The summed E-state index contributed by atoms with van der Waals surface area (Å²) in [5.41, 5.74) is 1.50. The van der Waals surface area contributed by atoms with E-state index in [0.717, 1.165) is 49.7 Å². The lowest BCUT2D eigenvalue weighted by molar-refractivity contribution is 0.0940. The van der Waals surface area contributed by atoms with Crippen LogP contribution in [0.4, 0.5) is 5.82 Å². The van der Waals surface area contributed by atoms with E-state index in [1.54, 1.807) is 0 Å². The summed E-state index contributed by atoms with van der Waals surface area (Å²) in [6.45, 7) is 7.53. The third kappa shape index (κ3) is 3.23. The minimum absolute atomic E-state index is 0.0946. The van der Waals surface area contributed by atoms with Gasteiger partial charge in [0.2, 0.25) is 0 Å². The summed E-state index contributed by atoms with van der Waals surface area (Å²) in [6, 6.07) is 0.300. The highest BCUT2D eigenvalue weighted by Gasteiger charge is 2.30. The molecular formula is C17H27N5O2. The molecule has 2 aliphatic rings. The van der Waals surface area contributed by atoms with Gasteiger partial charge in [0, 0.05) is 50.3 Å². The molecule has 3 heterocycles. The summed E-state index contributed by atoms with van der Waals surface area (Å²) in [5.74, 6) is 1.71. The predicted molar refractivity (Wildman–Crippen MR) is 92.5 cm³/mol. The van der Waals surface area contributed by atoms with E-state index in [4.69, 9.17) is 4.98 Å². The molecule has 1 saturated heterocycles. The Balaban J connectivity index is 1.98. The monoisotopic (exact) mass is 333 g/mol. The van der Waals surface area contributed by atoms with Gasteiger partial charge in [-0.25, -0.2) is 9.97 Å². The van der Waals surface area contributed by atoms with E-state index in [1.807, 2.05) is 13.8 Å². The zero-order valence-corrected chi connectivity index (χ0v) is 14.7. The van der Waals surface area contributed by atoms with Crippen LogP contribution in [-0.4, -0.2) is 71.8 Å². The molecule has 7 nitrogen and oxygen atoms in total. The average Bonchev–Trinajstić information content (AvgIpc) is 2.56. The molecule has 0 bridgehead atoms. The van der Waals surface area contributed by atoms with Gasteiger partial charge in [-0.15, -0.1) is 0 Å². The molecular weight excluding hydrogens is 306 g/mol. The van der Waals surface area contributed by atoms with Crippen molar-refractivity contribution in [2.75, 3.05) is 44.7 Å². The molecule has 24 heavy (non-hydrogen) atoms. The Morgan fingerprint density at radius 2 is 2.12 bits per heavy atom. The highest BCUT2D eigenvalue weighted by Crippen LogP contribution is 2.28. The number of hydrogen-bond donors (Lipinski definition) is 2. The van der Waals surface area contributed by atoms with Crippen molar-refractivity contribution in [1.29, 1.82) is 0 Å². The van der Waals surface area contributed by atoms with Crippen LogP contribution < -0.4 is 10.2 Å². The maximum Gasteiger partial charge on any atom is 0.270 e. The topological polar surface area (TPSA) is 81.6 Å². The van der Waals surface area contributed by atoms with Crippen molar-refractivity contribution in [3.05, 3.63) is 17.1 Å². The Labute approximate surface area is 143 Å². The van der Waals surface area contributed by atoms with E-state index in [9.17, 15) is 9.90 Å². The molecule has 1 aromatic heterocycles. The Morgan fingerprint density at radius 3 is 2.83 bits per heavy atom. The quantitative estimate of drug-likeness (QED) is 0.829. The molecule has 1 unspecified atom stereocenters. The molecule has 1 aromatic rings. The first-order chi connectivity index (χ1) is 11.5. The first kappa shape index (κ1) is 17.1. The Morgan fingerprint density at radius 1 is 1.33 bits per heavy atom. The number of rotatable bonds is 4. The normalized spacial score (nSPS) is 21.8. The molecule has 7 heteroatoms. The summed E-state index contributed by atoms with van der Waals surface area (Å²) >= 11 is 0. The zero-order valence-electron chi connectivity index (χ0n) is 14.7. The first-order valence-corrected chi connectivity index (χ1v) is 8.76. The molecule has 0 radical (unpaired) electrons. The van der Waals surface area contributed by atoms with Crippen molar-refractivity contribution in [1.82, 2.24) is 20.2 Å². The van der Waals surface area contributed by atoms with Crippen LogP contribution in [0.3, 0.4) is 0 Å². The lowest BCUT2D eigenvalue weighted by atomic mass is 10.0. The number of carbonyl (C=O) groups excluding carboxylic acids is 1. The molecule has 2 aliphatic heterocycles. The van der Waals surface area contributed by atoms with Gasteiger partial charge in [-0.05, 0) is 19.9 Å². The van der Waals surface area contributed by atoms with Crippen LogP contribution >= 0.6 is 0 Å². The fraction of sp³-hybridized carbons (Fsp3) is 0.706. The number of nitrogens with one attached hydrogen (secondary N) is 1. The SMILES string of the molecule is CC(C)c1nc2c(c(N3CCN(C)C(CCO)C3)n1)CCNC2=O. The number of amides is 1. The van der Waals surface area contributed by atoms with E-state index < -0.39 is 0 Å². The second-order valence-electron chi connectivity index (χ2n) is 6.99. The number of piperazine rings is 1. The van der Waals surface area contributed by atoms with Gasteiger partial charge >= 0.3 is 0 Å². The number of aliphatic hydroxyl groups excluding tert-OH is 1. The fourth-order valence-electron chi connectivity index (χ4n) is 3.41. The third-order valence-corrected chi connectivity index (χ3v) is 4.93. The largest absolute Gasteiger partial charge is 0.396 e. The second-order valence-corrected chi connectivity index (χ2v) is 6.99. The Bertz CT molecular complexity index is 619. The molecule has 132 valence electrons. The number of anilines is 1. The van der Waals surface area contributed by atoms with Crippen LogP contribution in [0.15, 0.2) is 0 Å². The summed E-state index contributed by atoms with van der Waals surface area (Å²) in [5, 5.41) is 12.2. The van der Waals surface area contributed by atoms with Crippen molar-refractivity contribution in [3.8, 4) is 0 Å². The van der Waals surface area contributed by atoms with Crippen molar-refractivity contribution in [2.45, 2.75) is 38.6 Å². The molecule has 2 N–H and O–H groups in total. The molecule has 0 spiro atoms. The maximum atomic E-state index is 12.3. The third-order valence-electron chi connectivity index (χ3n) is 4.93. The molecule has 0 aromatic carbocycles. The minimum Gasteiger partial charge on any atom is -0.396 e. The van der Waals surface area contributed by atoms with Gasteiger partial charge < -0.3 is 15.3 Å². The Kier molecular flexibility index (Phi) is 5.01. The highest BCUT2D eigenvalue weighted by molar-refractivity contribution is 5.96. The number of likely N-dealkylation sites (N-methyl/N-ethyl adjacent to an activating group) is 1.